The van der Waals surface area contributed by atoms with Crippen LogP contribution in [-0.4, -0.2) is 37.4 Å². The van der Waals surface area contributed by atoms with Crippen molar-refractivity contribution < 1.29 is 14.6 Å². The monoisotopic (exact) mass is 335 g/mol. The number of ether oxygens (including phenoxy) is 1. The Bertz CT molecular complexity index is 414. The SMILES string of the molecule is COCC(O)CCNC(=O)c1cccc(Br)c1Cl. The van der Waals surface area contributed by atoms with Crippen molar-refractivity contribution in [3.05, 3.63) is 33.3 Å². The van der Waals surface area contributed by atoms with Crippen LogP contribution < -0.4 is 5.32 Å². The third-order valence-electron chi connectivity index (χ3n) is 2.32. The molecule has 1 rings (SSSR count). The van der Waals surface area contributed by atoms with Gasteiger partial charge in [0.1, 0.15) is 0 Å². The number of halogens is 2. The number of aliphatic hydroxyl groups is 1. The Hall–Kier alpha value is -0.620. The summed E-state index contributed by atoms with van der Waals surface area (Å²) in [5.41, 5.74) is 0.410. The van der Waals surface area contributed by atoms with Crippen molar-refractivity contribution in [1.82, 2.24) is 5.32 Å². The van der Waals surface area contributed by atoms with E-state index in [1.165, 1.54) is 7.11 Å². The summed E-state index contributed by atoms with van der Waals surface area (Å²) in [5, 5.41) is 12.5. The summed E-state index contributed by atoms with van der Waals surface area (Å²) in [4.78, 5) is 11.8. The van der Waals surface area contributed by atoms with Crippen LogP contribution in [0.2, 0.25) is 5.02 Å². The van der Waals surface area contributed by atoms with E-state index < -0.39 is 6.10 Å². The highest BCUT2D eigenvalue weighted by atomic mass is 79.9. The molecule has 100 valence electrons. The lowest BCUT2D eigenvalue weighted by molar-refractivity contribution is 0.0587. The molecule has 0 fully saturated rings. The summed E-state index contributed by atoms with van der Waals surface area (Å²) < 4.78 is 5.47. The fourth-order valence-corrected chi connectivity index (χ4v) is 1.98. The van der Waals surface area contributed by atoms with Gasteiger partial charge in [0.15, 0.2) is 0 Å². The van der Waals surface area contributed by atoms with E-state index >= 15 is 0 Å². The van der Waals surface area contributed by atoms with E-state index in [1.54, 1.807) is 18.2 Å². The van der Waals surface area contributed by atoms with Crippen LogP contribution in [0.25, 0.3) is 0 Å². The first kappa shape index (κ1) is 15.4. The van der Waals surface area contributed by atoms with Crippen LogP contribution in [0.15, 0.2) is 22.7 Å². The summed E-state index contributed by atoms with van der Waals surface area (Å²) in [6.07, 6.45) is -0.140. The molecule has 1 unspecified atom stereocenters. The Morgan fingerprint density at radius 2 is 2.33 bits per heavy atom. The normalized spacial score (nSPS) is 12.2. The predicted molar refractivity (Wildman–Crippen MR) is 74.0 cm³/mol. The zero-order valence-electron chi connectivity index (χ0n) is 9.95. The van der Waals surface area contributed by atoms with Crippen LogP contribution in [0.1, 0.15) is 16.8 Å². The minimum atomic E-state index is -0.576. The largest absolute Gasteiger partial charge is 0.391 e. The topological polar surface area (TPSA) is 58.6 Å². The van der Waals surface area contributed by atoms with Gasteiger partial charge in [0.2, 0.25) is 0 Å². The Balaban J connectivity index is 2.48. The van der Waals surface area contributed by atoms with Crippen molar-refractivity contribution in [2.75, 3.05) is 20.3 Å². The van der Waals surface area contributed by atoms with Gasteiger partial charge >= 0.3 is 0 Å². The van der Waals surface area contributed by atoms with Crippen molar-refractivity contribution in [3.63, 3.8) is 0 Å². The number of methoxy groups -OCH3 is 1. The average molecular weight is 337 g/mol. The molecule has 0 aliphatic heterocycles. The minimum Gasteiger partial charge on any atom is -0.391 e. The number of hydrogen-bond donors (Lipinski definition) is 2. The van der Waals surface area contributed by atoms with E-state index in [1.807, 2.05) is 0 Å². The van der Waals surface area contributed by atoms with E-state index in [4.69, 9.17) is 16.3 Å². The van der Waals surface area contributed by atoms with Crippen molar-refractivity contribution in [2.45, 2.75) is 12.5 Å². The van der Waals surface area contributed by atoms with Crippen LogP contribution in [-0.2, 0) is 4.74 Å². The fourth-order valence-electron chi connectivity index (χ4n) is 1.40. The van der Waals surface area contributed by atoms with Gasteiger partial charge in [-0.2, -0.15) is 0 Å². The van der Waals surface area contributed by atoms with Gasteiger partial charge in [-0.1, -0.05) is 17.7 Å². The number of benzene rings is 1. The Labute approximate surface area is 119 Å². The molecule has 6 heteroatoms. The number of nitrogens with one attached hydrogen (secondary N) is 1. The standard InChI is InChI=1S/C12H15BrClNO3/c1-18-7-8(16)5-6-15-12(17)9-3-2-4-10(13)11(9)14/h2-4,8,16H,5-7H2,1H3,(H,15,17). The van der Waals surface area contributed by atoms with E-state index in [-0.39, 0.29) is 12.5 Å². The van der Waals surface area contributed by atoms with Gasteiger partial charge in [-0.05, 0) is 34.5 Å². The second kappa shape index (κ2) is 7.74. The second-order valence-corrected chi connectivity index (χ2v) is 4.99. The Morgan fingerprint density at radius 3 is 3.00 bits per heavy atom. The molecule has 0 bridgehead atoms. The third-order valence-corrected chi connectivity index (χ3v) is 3.61. The molecule has 0 aromatic heterocycles. The summed E-state index contributed by atoms with van der Waals surface area (Å²) in [6.45, 7) is 0.625. The van der Waals surface area contributed by atoms with Gasteiger partial charge in [-0.25, -0.2) is 0 Å². The predicted octanol–water partition coefficient (Wildman–Crippen LogP) is 2.23. The van der Waals surface area contributed by atoms with Crippen molar-refractivity contribution in [1.29, 1.82) is 0 Å². The van der Waals surface area contributed by atoms with E-state index in [0.717, 1.165) is 0 Å². The molecule has 4 nitrogen and oxygen atoms in total. The van der Waals surface area contributed by atoms with E-state index in [2.05, 4.69) is 21.2 Å². The van der Waals surface area contributed by atoms with Gasteiger partial charge in [0, 0.05) is 18.1 Å². The minimum absolute atomic E-state index is 0.257. The molecule has 0 radical (unpaired) electrons. The van der Waals surface area contributed by atoms with E-state index in [9.17, 15) is 9.90 Å². The number of carbonyl (C=O) groups is 1. The average Bonchev–Trinajstić information content (AvgIpc) is 2.33. The molecular formula is C12H15BrClNO3. The molecule has 1 amide bonds. The lowest BCUT2D eigenvalue weighted by Gasteiger charge is -2.11. The highest BCUT2D eigenvalue weighted by Crippen LogP contribution is 2.25. The second-order valence-electron chi connectivity index (χ2n) is 3.76. The van der Waals surface area contributed by atoms with Gasteiger partial charge in [-0.15, -0.1) is 0 Å². The number of rotatable bonds is 6. The number of aliphatic hydroxyl groups excluding tert-OH is 1. The van der Waals surface area contributed by atoms with Crippen LogP contribution in [0.4, 0.5) is 0 Å². The Morgan fingerprint density at radius 1 is 1.61 bits per heavy atom. The smallest absolute Gasteiger partial charge is 0.252 e. The lowest BCUT2D eigenvalue weighted by atomic mass is 10.2. The number of hydrogen-bond acceptors (Lipinski definition) is 3. The van der Waals surface area contributed by atoms with Crippen LogP contribution >= 0.6 is 27.5 Å². The first-order chi connectivity index (χ1) is 8.56. The quantitative estimate of drug-likeness (QED) is 0.837. The van der Waals surface area contributed by atoms with Gasteiger partial charge in [-0.3, -0.25) is 4.79 Å². The summed E-state index contributed by atoms with van der Waals surface area (Å²) >= 11 is 9.26. The molecular weight excluding hydrogens is 321 g/mol. The molecule has 18 heavy (non-hydrogen) atoms. The molecule has 0 aliphatic carbocycles. The first-order valence-corrected chi connectivity index (χ1v) is 6.62. The summed E-state index contributed by atoms with van der Waals surface area (Å²) in [7, 11) is 1.52. The van der Waals surface area contributed by atoms with Crippen LogP contribution in [0.3, 0.4) is 0 Å². The molecule has 1 atom stereocenters. The van der Waals surface area contributed by atoms with Crippen molar-refractivity contribution in [2.24, 2.45) is 0 Å². The summed E-state index contributed by atoms with van der Waals surface area (Å²) in [6, 6.07) is 5.15. The maximum atomic E-state index is 11.8. The van der Waals surface area contributed by atoms with Crippen molar-refractivity contribution in [3.8, 4) is 0 Å². The van der Waals surface area contributed by atoms with Gasteiger partial charge in [0.25, 0.3) is 5.91 Å². The zero-order valence-corrected chi connectivity index (χ0v) is 12.3. The molecule has 0 heterocycles. The Kier molecular flexibility index (Phi) is 6.63. The molecule has 0 saturated carbocycles. The fraction of sp³-hybridized carbons (Fsp3) is 0.417. The molecule has 2 N–H and O–H groups in total. The number of amides is 1. The maximum Gasteiger partial charge on any atom is 0.252 e. The third kappa shape index (κ3) is 4.57. The molecule has 0 spiro atoms. The van der Waals surface area contributed by atoms with E-state index in [0.29, 0.717) is 28.0 Å². The lowest BCUT2D eigenvalue weighted by Crippen LogP contribution is -2.28. The van der Waals surface area contributed by atoms with Crippen LogP contribution in [0.5, 0.6) is 0 Å². The summed E-state index contributed by atoms with van der Waals surface area (Å²) in [5.74, 6) is -0.258. The molecule has 0 aliphatic rings. The van der Waals surface area contributed by atoms with Gasteiger partial charge < -0.3 is 15.2 Å². The highest BCUT2D eigenvalue weighted by molar-refractivity contribution is 9.10. The molecule has 0 saturated heterocycles. The van der Waals surface area contributed by atoms with Gasteiger partial charge in [0.05, 0.1) is 23.3 Å². The molecule has 1 aromatic carbocycles. The van der Waals surface area contributed by atoms with Crippen LogP contribution in [0, 0.1) is 0 Å². The molecule has 1 aromatic rings. The number of carbonyl (C=O) groups excluding carboxylic acids is 1. The maximum absolute atomic E-state index is 11.8. The first-order valence-electron chi connectivity index (χ1n) is 5.45. The highest BCUT2D eigenvalue weighted by Gasteiger charge is 2.12. The zero-order chi connectivity index (χ0) is 13.5. The van der Waals surface area contributed by atoms with Crippen molar-refractivity contribution >= 4 is 33.4 Å².